The molecule has 0 fully saturated rings. The van der Waals surface area contributed by atoms with Gasteiger partial charge in [0.2, 0.25) is 5.91 Å². The molecule has 1 amide bonds. The SMILES string of the molecule is Cn1cc(NC(=O)CC(N)=S)cn1. The molecule has 0 spiro atoms. The van der Waals surface area contributed by atoms with Crippen LogP contribution in [0.15, 0.2) is 12.4 Å². The topological polar surface area (TPSA) is 72.9 Å². The first kappa shape index (κ1) is 9.66. The lowest BCUT2D eigenvalue weighted by Gasteiger charge is -1.99. The number of carbonyl (C=O) groups excluding carboxylic acids is 1. The number of rotatable bonds is 3. The second-order valence-corrected chi connectivity index (χ2v) is 3.12. The van der Waals surface area contributed by atoms with Crippen LogP contribution in [0.4, 0.5) is 5.69 Å². The molecule has 0 bridgehead atoms. The molecule has 0 saturated heterocycles. The Labute approximate surface area is 80.9 Å². The van der Waals surface area contributed by atoms with Gasteiger partial charge in [0.05, 0.1) is 23.3 Å². The van der Waals surface area contributed by atoms with E-state index in [0.29, 0.717) is 5.69 Å². The van der Waals surface area contributed by atoms with Crippen molar-refractivity contribution >= 4 is 28.8 Å². The molecule has 6 heteroatoms. The van der Waals surface area contributed by atoms with Gasteiger partial charge in [-0.05, 0) is 0 Å². The van der Waals surface area contributed by atoms with Crippen LogP contribution in [0.3, 0.4) is 0 Å². The third kappa shape index (κ3) is 3.20. The highest BCUT2D eigenvalue weighted by molar-refractivity contribution is 7.80. The van der Waals surface area contributed by atoms with Crippen molar-refractivity contribution in [2.24, 2.45) is 12.8 Å². The Bertz CT molecular complexity index is 333. The Kier molecular flexibility index (Phi) is 2.97. The van der Waals surface area contributed by atoms with Gasteiger partial charge in [0, 0.05) is 13.2 Å². The van der Waals surface area contributed by atoms with Gasteiger partial charge in [-0.25, -0.2) is 0 Å². The molecule has 0 aromatic carbocycles. The van der Waals surface area contributed by atoms with Crippen LogP contribution in [0.5, 0.6) is 0 Å². The third-order valence-electron chi connectivity index (χ3n) is 1.32. The maximum Gasteiger partial charge on any atom is 0.231 e. The molecule has 5 nitrogen and oxygen atoms in total. The highest BCUT2D eigenvalue weighted by Crippen LogP contribution is 2.03. The second kappa shape index (κ2) is 3.99. The molecule has 70 valence electrons. The first-order valence-corrected chi connectivity index (χ1v) is 4.05. The van der Waals surface area contributed by atoms with E-state index in [2.05, 4.69) is 22.6 Å². The fraction of sp³-hybridized carbons (Fsp3) is 0.286. The summed E-state index contributed by atoms with van der Waals surface area (Å²) < 4.78 is 1.59. The number of amides is 1. The number of hydrogen-bond donors (Lipinski definition) is 2. The molecule has 1 aromatic rings. The lowest BCUT2D eigenvalue weighted by atomic mass is 10.4. The van der Waals surface area contributed by atoms with Crippen molar-refractivity contribution in [1.29, 1.82) is 0 Å². The molecule has 3 N–H and O–H groups in total. The van der Waals surface area contributed by atoms with Gasteiger partial charge >= 0.3 is 0 Å². The summed E-state index contributed by atoms with van der Waals surface area (Å²) in [5.74, 6) is -0.222. The predicted octanol–water partition coefficient (Wildman–Crippen LogP) is 0.0348. The van der Waals surface area contributed by atoms with Crippen LogP contribution >= 0.6 is 12.2 Å². The number of hydrogen-bond acceptors (Lipinski definition) is 3. The molecule has 0 radical (unpaired) electrons. The van der Waals surface area contributed by atoms with Crippen LogP contribution in [-0.2, 0) is 11.8 Å². The Morgan fingerprint density at radius 2 is 2.54 bits per heavy atom. The monoisotopic (exact) mass is 198 g/mol. The van der Waals surface area contributed by atoms with Crippen molar-refractivity contribution in [1.82, 2.24) is 9.78 Å². The molecule has 1 heterocycles. The molecule has 0 saturated carbocycles. The molecule has 0 aliphatic rings. The fourth-order valence-electron chi connectivity index (χ4n) is 0.849. The van der Waals surface area contributed by atoms with Crippen LogP contribution < -0.4 is 11.1 Å². The van der Waals surface area contributed by atoms with Crippen molar-refractivity contribution in [2.75, 3.05) is 5.32 Å². The lowest BCUT2D eigenvalue weighted by molar-refractivity contribution is -0.115. The molecular weight excluding hydrogens is 188 g/mol. The first-order chi connectivity index (χ1) is 6.08. The van der Waals surface area contributed by atoms with E-state index in [9.17, 15) is 4.79 Å². The minimum absolute atomic E-state index is 0.0597. The van der Waals surface area contributed by atoms with Gasteiger partial charge in [0.15, 0.2) is 0 Å². The Morgan fingerprint density at radius 1 is 1.85 bits per heavy atom. The summed E-state index contributed by atoms with van der Waals surface area (Å²) in [7, 11) is 1.77. The summed E-state index contributed by atoms with van der Waals surface area (Å²) in [5, 5.41) is 6.49. The minimum Gasteiger partial charge on any atom is -0.393 e. The summed E-state index contributed by atoms with van der Waals surface area (Å²) in [5.41, 5.74) is 5.84. The van der Waals surface area contributed by atoms with E-state index in [0.717, 1.165) is 0 Å². The molecule has 13 heavy (non-hydrogen) atoms. The average Bonchev–Trinajstić information content (AvgIpc) is 2.33. The zero-order valence-corrected chi connectivity index (χ0v) is 7.97. The van der Waals surface area contributed by atoms with Crippen molar-refractivity contribution in [3.05, 3.63) is 12.4 Å². The quantitative estimate of drug-likeness (QED) is 0.672. The highest BCUT2D eigenvalue weighted by Gasteiger charge is 2.04. The number of aryl methyl sites for hydroxylation is 1. The second-order valence-electron chi connectivity index (χ2n) is 2.59. The molecule has 1 aromatic heterocycles. The molecule has 0 atom stereocenters. The summed E-state index contributed by atoms with van der Waals surface area (Å²) >= 11 is 4.59. The number of nitrogens with zero attached hydrogens (tertiary/aromatic N) is 2. The van der Waals surface area contributed by atoms with Gasteiger partial charge in [-0.1, -0.05) is 12.2 Å². The van der Waals surface area contributed by atoms with E-state index in [1.54, 1.807) is 24.1 Å². The predicted molar refractivity (Wildman–Crippen MR) is 53.2 cm³/mol. The van der Waals surface area contributed by atoms with E-state index >= 15 is 0 Å². The van der Waals surface area contributed by atoms with Crippen LogP contribution in [0.2, 0.25) is 0 Å². The summed E-state index contributed by atoms with van der Waals surface area (Å²) in [6, 6.07) is 0. The Hall–Kier alpha value is -1.43. The van der Waals surface area contributed by atoms with Gasteiger partial charge in [0.1, 0.15) is 0 Å². The molecule has 1 rings (SSSR count). The third-order valence-corrected chi connectivity index (χ3v) is 1.47. The van der Waals surface area contributed by atoms with Crippen LogP contribution in [0.1, 0.15) is 6.42 Å². The molecule has 0 aliphatic heterocycles. The minimum atomic E-state index is -0.222. The number of nitrogens with one attached hydrogen (secondary N) is 1. The lowest BCUT2D eigenvalue weighted by Crippen LogP contribution is -2.19. The largest absolute Gasteiger partial charge is 0.393 e. The normalized spacial score (nSPS) is 9.62. The number of aromatic nitrogens is 2. The van der Waals surface area contributed by atoms with Crippen molar-refractivity contribution in [2.45, 2.75) is 6.42 Å². The number of thiocarbonyl (C=S) groups is 1. The van der Waals surface area contributed by atoms with Crippen LogP contribution in [-0.4, -0.2) is 20.7 Å². The van der Waals surface area contributed by atoms with Gasteiger partial charge < -0.3 is 11.1 Å². The van der Waals surface area contributed by atoms with Gasteiger partial charge in [-0.15, -0.1) is 0 Å². The average molecular weight is 198 g/mol. The molecular formula is C7H10N4OS. The Morgan fingerprint density at radius 3 is 3.00 bits per heavy atom. The zero-order chi connectivity index (χ0) is 9.84. The van der Waals surface area contributed by atoms with E-state index in [1.165, 1.54) is 0 Å². The first-order valence-electron chi connectivity index (χ1n) is 3.64. The molecule has 0 unspecified atom stereocenters. The van der Waals surface area contributed by atoms with Crippen molar-refractivity contribution < 1.29 is 4.79 Å². The Balaban J connectivity index is 2.50. The number of carbonyl (C=O) groups is 1. The van der Waals surface area contributed by atoms with Gasteiger partial charge in [-0.3, -0.25) is 9.48 Å². The highest BCUT2D eigenvalue weighted by atomic mass is 32.1. The van der Waals surface area contributed by atoms with E-state index < -0.39 is 0 Å². The van der Waals surface area contributed by atoms with Crippen LogP contribution in [0.25, 0.3) is 0 Å². The van der Waals surface area contributed by atoms with E-state index in [4.69, 9.17) is 5.73 Å². The van der Waals surface area contributed by atoms with Crippen molar-refractivity contribution in [3.8, 4) is 0 Å². The summed E-state index contributed by atoms with van der Waals surface area (Å²) in [4.78, 5) is 11.3. The van der Waals surface area contributed by atoms with Crippen LogP contribution in [0, 0.1) is 0 Å². The summed E-state index contributed by atoms with van der Waals surface area (Å²) in [6.07, 6.45) is 3.30. The fourth-order valence-corrected chi connectivity index (χ4v) is 0.980. The maximum atomic E-state index is 11.1. The van der Waals surface area contributed by atoms with E-state index in [-0.39, 0.29) is 17.3 Å². The van der Waals surface area contributed by atoms with Crippen molar-refractivity contribution in [3.63, 3.8) is 0 Å². The van der Waals surface area contributed by atoms with E-state index in [1.807, 2.05) is 0 Å². The van der Waals surface area contributed by atoms with Gasteiger partial charge in [-0.2, -0.15) is 5.10 Å². The standard InChI is InChI=1S/C7H10N4OS/c1-11-4-5(3-9-11)10-7(12)2-6(8)13/h3-4H,2H2,1H3,(H2,8,13)(H,10,12). The summed E-state index contributed by atoms with van der Waals surface area (Å²) in [6.45, 7) is 0. The smallest absolute Gasteiger partial charge is 0.231 e. The number of nitrogens with two attached hydrogens (primary N) is 1. The molecule has 0 aliphatic carbocycles. The van der Waals surface area contributed by atoms with Gasteiger partial charge in [0.25, 0.3) is 0 Å². The maximum absolute atomic E-state index is 11.1. The zero-order valence-electron chi connectivity index (χ0n) is 7.15. The number of anilines is 1.